The number of hydrogen-bond acceptors (Lipinski definition) is 3. The standard InChI is InChI=1S/C12H15F3O3/c1-4-11(16,12(13,14)15)8-5-6-9(17-2)10(7-8)18-3/h5-7,16H,4H2,1-3H3. The molecule has 0 aromatic heterocycles. The van der Waals surface area contributed by atoms with Crippen molar-refractivity contribution < 1.29 is 27.8 Å². The van der Waals surface area contributed by atoms with Gasteiger partial charge >= 0.3 is 6.18 Å². The van der Waals surface area contributed by atoms with Crippen LogP contribution in [0.25, 0.3) is 0 Å². The Balaban J connectivity index is 3.32. The predicted octanol–water partition coefficient (Wildman–Crippen LogP) is 2.86. The molecule has 0 heterocycles. The zero-order valence-electron chi connectivity index (χ0n) is 10.3. The lowest BCUT2D eigenvalue weighted by molar-refractivity contribution is -0.267. The van der Waals surface area contributed by atoms with Gasteiger partial charge in [-0.3, -0.25) is 0 Å². The Bertz CT molecular complexity index is 418. The fourth-order valence-corrected chi connectivity index (χ4v) is 1.66. The van der Waals surface area contributed by atoms with Gasteiger partial charge in [0.15, 0.2) is 17.1 Å². The molecule has 1 unspecified atom stereocenters. The SMILES string of the molecule is CCC(O)(c1ccc(OC)c(OC)c1)C(F)(F)F. The molecular weight excluding hydrogens is 249 g/mol. The topological polar surface area (TPSA) is 38.7 Å². The molecule has 0 radical (unpaired) electrons. The molecule has 1 aromatic carbocycles. The molecule has 0 aliphatic heterocycles. The van der Waals surface area contributed by atoms with Crippen LogP contribution in [-0.2, 0) is 5.60 Å². The van der Waals surface area contributed by atoms with E-state index in [0.29, 0.717) is 5.75 Å². The number of benzene rings is 1. The van der Waals surface area contributed by atoms with Gasteiger partial charge < -0.3 is 14.6 Å². The van der Waals surface area contributed by atoms with Gasteiger partial charge in [-0.2, -0.15) is 13.2 Å². The quantitative estimate of drug-likeness (QED) is 0.908. The summed E-state index contributed by atoms with van der Waals surface area (Å²) in [5.74, 6) is 0.452. The van der Waals surface area contributed by atoms with Gasteiger partial charge in [0.25, 0.3) is 0 Å². The van der Waals surface area contributed by atoms with Crippen LogP contribution in [0.4, 0.5) is 13.2 Å². The second kappa shape index (κ2) is 5.06. The van der Waals surface area contributed by atoms with Crippen LogP contribution in [-0.4, -0.2) is 25.5 Å². The molecule has 0 amide bonds. The van der Waals surface area contributed by atoms with Crippen LogP contribution in [0.3, 0.4) is 0 Å². The summed E-state index contributed by atoms with van der Waals surface area (Å²) in [6.07, 6.45) is -5.23. The summed E-state index contributed by atoms with van der Waals surface area (Å²) in [7, 11) is 2.70. The van der Waals surface area contributed by atoms with E-state index < -0.39 is 18.2 Å². The van der Waals surface area contributed by atoms with E-state index in [1.54, 1.807) is 0 Å². The minimum Gasteiger partial charge on any atom is -0.493 e. The van der Waals surface area contributed by atoms with Crippen LogP contribution in [0.1, 0.15) is 18.9 Å². The summed E-state index contributed by atoms with van der Waals surface area (Å²) in [6, 6.07) is 3.65. The number of hydrogen-bond donors (Lipinski definition) is 1. The lowest BCUT2D eigenvalue weighted by Gasteiger charge is -2.30. The van der Waals surface area contributed by atoms with Gasteiger partial charge in [0.1, 0.15) is 0 Å². The summed E-state index contributed by atoms with van der Waals surface area (Å²) in [5, 5.41) is 9.79. The van der Waals surface area contributed by atoms with Crippen LogP contribution >= 0.6 is 0 Å². The van der Waals surface area contributed by atoms with Crippen molar-refractivity contribution in [1.29, 1.82) is 0 Å². The summed E-state index contributed by atoms with van der Waals surface area (Å²) in [4.78, 5) is 0. The maximum Gasteiger partial charge on any atom is 0.421 e. The van der Waals surface area contributed by atoms with Crippen molar-refractivity contribution >= 4 is 0 Å². The van der Waals surface area contributed by atoms with Crippen molar-refractivity contribution in [2.24, 2.45) is 0 Å². The Morgan fingerprint density at radius 1 is 1.11 bits per heavy atom. The number of halogens is 3. The van der Waals surface area contributed by atoms with Crippen LogP contribution in [0.2, 0.25) is 0 Å². The first-order valence-electron chi connectivity index (χ1n) is 5.31. The van der Waals surface area contributed by atoms with Gasteiger partial charge in [-0.05, 0) is 24.1 Å². The molecule has 0 aliphatic carbocycles. The molecule has 0 saturated carbocycles. The monoisotopic (exact) mass is 264 g/mol. The minimum absolute atomic E-state index is 0.145. The minimum atomic E-state index is -4.75. The molecule has 1 atom stereocenters. The molecule has 6 heteroatoms. The Kier molecular flexibility index (Phi) is 4.11. The lowest BCUT2D eigenvalue weighted by atomic mass is 9.90. The number of alkyl halides is 3. The number of rotatable bonds is 4. The molecule has 0 spiro atoms. The molecule has 3 nitrogen and oxygen atoms in total. The van der Waals surface area contributed by atoms with Gasteiger partial charge in [0.05, 0.1) is 14.2 Å². The summed E-state index contributed by atoms with van der Waals surface area (Å²) in [5.41, 5.74) is -3.15. The van der Waals surface area contributed by atoms with E-state index in [1.807, 2.05) is 0 Å². The summed E-state index contributed by atoms with van der Waals surface area (Å²) >= 11 is 0. The average molecular weight is 264 g/mol. The van der Waals surface area contributed by atoms with E-state index in [2.05, 4.69) is 0 Å². The molecule has 0 aliphatic rings. The van der Waals surface area contributed by atoms with Crippen molar-refractivity contribution in [3.63, 3.8) is 0 Å². The van der Waals surface area contributed by atoms with Crippen molar-refractivity contribution in [3.8, 4) is 11.5 Å². The van der Waals surface area contributed by atoms with Crippen LogP contribution in [0, 0.1) is 0 Å². The van der Waals surface area contributed by atoms with Gasteiger partial charge in [-0.25, -0.2) is 0 Å². The highest BCUT2D eigenvalue weighted by atomic mass is 19.4. The first-order valence-corrected chi connectivity index (χ1v) is 5.31. The maximum absolute atomic E-state index is 12.9. The van der Waals surface area contributed by atoms with E-state index >= 15 is 0 Å². The molecule has 0 fully saturated rings. The third kappa shape index (κ3) is 2.38. The average Bonchev–Trinajstić information content (AvgIpc) is 2.35. The van der Waals surface area contributed by atoms with Gasteiger partial charge in [0.2, 0.25) is 0 Å². The first-order chi connectivity index (χ1) is 8.30. The highest BCUT2D eigenvalue weighted by Crippen LogP contribution is 2.43. The molecule has 1 N–H and O–H groups in total. The van der Waals surface area contributed by atoms with Crippen LogP contribution in [0.15, 0.2) is 18.2 Å². The van der Waals surface area contributed by atoms with Gasteiger partial charge in [0, 0.05) is 0 Å². The maximum atomic E-state index is 12.9. The normalized spacial score (nSPS) is 15.1. The Labute approximate surface area is 103 Å². The largest absolute Gasteiger partial charge is 0.493 e. The highest BCUT2D eigenvalue weighted by Gasteiger charge is 2.53. The number of ether oxygens (including phenoxy) is 2. The molecule has 1 rings (SSSR count). The molecule has 1 aromatic rings. The number of aliphatic hydroxyl groups is 1. The second-order valence-electron chi connectivity index (χ2n) is 3.78. The zero-order chi connectivity index (χ0) is 14.0. The fraction of sp³-hybridized carbons (Fsp3) is 0.500. The van der Waals surface area contributed by atoms with Crippen molar-refractivity contribution in [2.45, 2.75) is 25.1 Å². The van der Waals surface area contributed by atoms with Crippen molar-refractivity contribution in [3.05, 3.63) is 23.8 Å². The van der Waals surface area contributed by atoms with Crippen LogP contribution in [0.5, 0.6) is 11.5 Å². The Morgan fingerprint density at radius 2 is 1.67 bits per heavy atom. The zero-order valence-corrected chi connectivity index (χ0v) is 10.3. The lowest BCUT2D eigenvalue weighted by Crippen LogP contribution is -2.41. The third-order valence-electron chi connectivity index (χ3n) is 2.84. The Hall–Kier alpha value is -1.43. The number of methoxy groups -OCH3 is 2. The van der Waals surface area contributed by atoms with Crippen LogP contribution < -0.4 is 9.47 Å². The van der Waals surface area contributed by atoms with E-state index in [9.17, 15) is 18.3 Å². The highest BCUT2D eigenvalue weighted by molar-refractivity contribution is 5.45. The molecule has 18 heavy (non-hydrogen) atoms. The smallest absolute Gasteiger partial charge is 0.421 e. The predicted molar refractivity (Wildman–Crippen MR) is 59.8 cm³/mol. The van der Waals surface area contributed by atoms with Gasteiger partial charge in [-0.15, -0.1) is 0 Å². The van der Waals surface area contributed by atoms with Crippen molar-refractivity contribution in [1.82, 2.24) is 0 Å². The van der Waals surface area contributed by atoms with E-state index in [0.717, 1.165) is 6.07 Å². The first kappa shape index (κ1) is 14.6. The third-order valence-corrected chi connectivity index (χ3v) is 2.84. The van der Waals surface area contributed by atoms with E-state index in [4.69, 9.17) is 9.47 Å². The second-order valence-corrected chi connectivity index (χ2v) is 3.78. The van der Waals surface area contributed by atoms with Crippen molar-refractivity contribution in [2.75, 3.05) is 14.2 Å². The Morgan fingerprint density at radius 3 is 2.06 bits per heavy atom. The van der Waals surface area contributed by atoms with E-state index in [1.165, 1.54) is 33.3 Å². The molecule has 102 valence electrons. The molecular formula is C12H15F3O3. The fourth-order valence-electron chi connectivity index (χ4n) is 1.66. The molecule has 0 bridgehead atoms. The van der Waals surface area contributed by atoms with Gasteiger partial charge in [-0.1, -0.05) is 13.0 Å². The van der Waals surface area contributed by atoms with E-state index in [-0.39, 0.29) is 11.3 Å². The molecule has 0 saturated heterocycles. The summed E-state index contributed by atoms with van der Waals surface area (Å²) < 4.78 is 48.5. The summed E-state index contributed by atoms with van der Waals surface area (Å²) in [6.45, 7) is 1.27.